The van der Waals surface area contributed by atoms with Gasteiger partial charge in [0, 0.05) is 19.9 Å². The van der Waals surface area contributed by atoms with Crippen molar-refractivity contribution in [1.29, 1.82) is 0 Å². The van der Waals surface area contributed by atoms with Crippen LogP contribution in [-0.4, -0.2) is 29.8 Å². The molecule has 2 aromatic rings. The number of anilines is 1. The number of aryl methyl sites for hydroxylation is 2. The summed E-state index contributed by atoms with van der Waals surface area (Å²) in [6, 6.07) is 0. The van der Waals surface area contributed by atoms with Crippen LogP contribution in [-0.2, 0) is 11.3 Å². The number of nitrogens with zero attached hydrogens (tertiary/aromatic N) is 2. The Bertz CT molecular complexity index is 504. The van der Waals surface area contributed by atoms with Gasteiger partial charge in [-0.1, -0.05) is 0 Å². The molecule has 0 aromatic carbocycles. The van der Waals surface area contributed by atoms with E-state index >= 15 is 0 Å². The zero-order valence-corrected chi connectivity index (χ0v) is 11.9. The number of aromatic nitrogens is 2. The molecule has 2 aromatic heterocycles. The fourth-order valence-electron chi connectivity index (χ4n) is 1.81. The third-order valence-corrected chi connectivity index (χ3v) is 3.70. The second kappa shape index (κ2) is 6.02. The highest BCUT2D eigenvalue weighted by Crippen LogP contribution is 2.18. The fourth-order valence-corrected chi connectivity index (χ4v) is 2.65. The molecule has 4 nitrogen and oxygen atoms in total. The molecule has 0 saturated heterocycles. The molecule has 2 heterocycles. The topological polar surface area (TPSA) is 39.1 Å². The third kappa shape index (κ3) is 3.11. The van der Waals surface area contributed by atoms with Crippen LogP contribution in [0.15, 0.2) is 17.0 Å². The van der Waals surface area contributed by atoms with Crippen molar-refractivity contribution < 1.29 is 4.74 Å². The average Bonchev–Trinajstić information content (AvgIpc) is 2.88. The molecule has 0 spiro atoms. The Balaban J connectivity index is 2.09. The minimum Gasteiger partial charge on any atom is -0.383 e. The van der Waals surface area contributed by atoms with Crippen molar-refractivity contribution in [2.75, 3.05) is 25.6 Å². The maximum Gasteiger partial charge on any atom is 0.203 e. The van der Waals surface area contributed by atoms with Gasteiger partial charge in [-0.3, -0.25) is 0 Å². The van der Waals surface area contributed by atoms with E-state index in [1.165, 1.54) is 11.1 Å². The van der Waals surface area contributed by atoms with Crippen molar-refractivity contribution in [1.82, 2.24) is 9.55 Å². The quantitative estimate of drug-likeness (QED) is 0.816. The highest BCUT2D eigenvalue weighted by atomic mass is 32.1. The van der Waals surface area contributed by atoms with Gasteiger partial charge in [-0.15, -0.1) is 0 Å². The normalized spacial score (nSPS) is 10.8. The van der Waals surface area contributed by atoms with E-state index < -0.39 is 0 Å². The van der Waals surface area contributed by atoms with Gasteiger partial charge in [0.2, 0.25) is 5.95 Å². The number of rotatable bonds is 6. The molecule has 1 N–H and O–H groups in total. The van der Waals surface area contributed by atoms with E-state index in [9.17, 15) is 0 Å². The molecule has 0 atom stereocenters. The molecule has 0 amide bonds. The summed E-state index contributed by atoms with van der Waals surface area (Å²) >= 11 is 1.75. The number of imidazole rings is 1. The van der Waals surface area contributed by atoms with Crippen molar-refractivity contribution in [3.05, 3.63) is 33.8 Å². The van der Waals surface area contributed by atoms with Gasteiger partial charge in [0.15, 0.2) is 0 Å². The third-order valence-electron chi connectivity index (χ3n) is 2.79. The molecule has 0 bridgehead atoms. The van der Waals surface area contributed by atoms with E-state index in [1.54, 1.807) is 18.4 Å². The summed E-state index contributed by atoms with van der Waals surface area (Å²) in [4.78, 5) is 4.49. The van der Waals surface area contributed by atoms with Gasteiger partial charge < -0.3 is 14.6 Å². The van der Waals surface area contributed by atoms with Crippen LogP contribution in [0.4, 0.5) is 5.95 Å². The number of thiophene rings is 1. The summed E-state index contributed by atoms with van der Waals surface area (Å²) in [5, 5.41) is 7.67. The molecule has 18 heavy (non-hydrogen) atoms. The SMILES string of the molecule is COCCNc1nc(C)cn1Cc1cscc1C. The molecule has 0 saturated carbocycles. The van der Waals surface area contributed by atoms with Gasteiger partial charge >= 0.3 is 0 Å². The smallest absolute Gasteiger partial charge is 0.203 e. The van der Waals surface area contributed by atoms with E-state index in [2.05, 4.69) is 38.7 Å². The van der Waals surface area contributed by atoms with Gasteiger partial charge in [-0.25, -0.2) is 4.98 Å². The van der Waals surface area contributed by atoms with Crippen LogP contribution >= 0.6 is 11.3 Å². The number of hydrogen-bond acceptors (Lipinski definition) is 4. The van der Waals surface area contributed by atoms with Crippen molar-refractivity contribution in [2.24, 2.45) is 0 Å². The van der Waals surface area contributed by atoms with E-state index in [0.29, 0.717) is 6.61 Å². The molecule has 0 aliphatic rings. The second-order valence-corrected chi connectivity index (χ2v) is 5.08. The van der Waals surface area contributed by atoms with Gasteiger partial charge in [0.1, 0.15) is 0 Å². The number of hydrogen-bond donors (Lipinski definition) is 1. The van der Waals surface area contributed by atoms with Gasteiger partial charge in [0.25, 0.3) is 0 Å². The fraction of sp³-hybridized carbons (Fsp3) is 0.462. The first-order valence-corrected chi connectivity index (χ1v) is 6.93. The number of nitrogens with one attached hydrogen (secondary N) is 1. The van der Waals surface area contributed by atoms with E-state index in [0.717, 1.165) is 24.7 Å². The molecule has 2 rings (SSSR count). The molecule has 5 heteroatoms. The highest BCUT2D eigenvalue weighted by Gasteiger charge is 2.07. The Morgan fingerprint density at radius 2 is 2.22 bits per heavy atom. The van der Waals surface area contributed by atoms with Crippen LogP contribution in [0.25, 0.3) is 0 Å². The highest BCUT2D eigenvalue weighted by molar-refractivity contribution is 7.08. The summed E-state index contributed by atoms with van der Waals surface area (Å²) in [7, 11) is 1.70. The maximum absolute atomic E-state index is 5.04. The summed E-state index contributed by atoms with van der Waals surface area (Å²) in [6.45, 7) is 6.48. The largest absolute Gasteiger partial charge is 0.383 e. The zero-order valence-electron chi connectivity index (χ0n) is 11.1. The summed E-state index contributed by atoms with van der Waals surface area (Å²) in [5.74, 6) is 0.912. The number of methoxy groups -OCH3 is 1. The van der Waals surface area contributed by atoms with E-state index in [-0.39, 0.29) is 0 Å². The standard InChI is InChI=1S/C13H19N3OS/c1-10-8-18-9-12(10)7-16-6-11(2)15-13(16)14-4-5-17-3/h6,8-9H,4-5,7H2,1-3H3,(H,14,15). The molecular formula is C13H19N3OS. The first kappa shape index (κ1) is 13.1. The van der Waals surface area contributed by atoms with Gasteiger partial charge in [-0.05, 0) is 35.7 Å². The van der Waals surface area contributed by atoms with E-state index in [1.807, 2.05) is 6.92 Å². The Kier molecular flexibility index (Phi) is 4.38. The Labute approximate surface area is 112 Å². The minimum absolute atomic E-state index is 0.684. The maximum atomic E-state index is 5.04. The first-order chi connectivity index (χ1) is 8.70. The van der Waals surface area contributed by atoms with Crippen LogP contribution < -0.4 is 5.32 Å². The minimum atomic E-state index is 0.684. The summed E-state index contributed by atoms with van der Waals surface area (Å²) in [5.41, 5.74) is 3.73. The monoisotopic (exact) mass is 265 g/mol. The van der Waals surface area contributed by atoms with Crippen LogP contribution in [0.1, 0.15) is 16.8 Å². The Hall–Kier alpha value is -1.33. The predicted molar refractivity (Wildman–Crippen MR) is 75.5 cm³/mol. The molecule has 0 fully saturated rings. The summed E-state index contributed by atoms with van der Waals surface area (Å²) in [6.07, 6.45) is 2.08. The van der Waals surface area contributed by atoms with Crippen LogP contribution in [0.2, 0.25) is 0 Å². The average molecular weight is 265 g/mol. The van der Waals surface area contributed by atoms with Crippen molar-refractivity contribution in [3.8, 4) is 0 Å². The lowest BCUT2D eigenvalue weighted by molar-refractivity contribution is 0.210. The first-order valence-electron chi connectivity index (χ1n) is 5.99. The lowest BCUT2D eigenvalue weighted by atomic mass is 10.2. The molecule has 0 unspecified atom stereocenters. The lowest BCUT2D eigenvalue weighted by Crippen LogP contribution is -2.12. The van der Waals surface area contributed by atoms with Crippen LogP contribution in [0.3, 0.4) is 0 Å². The second-order valence-electron chi connectivity index (χ2n) is 4.33. The summed E-state index contributed by atoms with van der Waals surface area (Å²) < 4.78 is 7.19. The number of ether oxygens (including phenoxy) is 1. The predicted octanol–water partition coefficient (Wildman–Crippen LogP) is 2.67. The van der Waals surface area contributed by atoms with Crippen LogP contribution in [0, 0.1) is 13.8 Å². The zero-order chi connectivity index (χ0) is 13.0. The van der Waals surface area contributed by atoms with Gasteiger partial charge in [-0.2, -0.15) is 11.3 Å². The molecule has 0 aliphatic heterocycles. The molecule has 0 aliphatic carbocycles. The van der Waals surface area contributed by atoms with Crippen LogP contribution in [0.5, 0.6) is 0 Å². The lowest BCUT2D eigenvalue weighted by Gasteiger charge is -2.09. The van der Waals surface area contributed by atoms with Crippen molar-refractivity contribution in [2.45, 2.75) is 20.4 Å². The molecule has 98 valence electrons. The molecular weight excluding hydrogens is 246 g/mol. The van der Waals surface area contributed by atoms with Gasteiger partial charge in [0.05, 0.1) is 18.8 Å². The Morgan fingerprint density at radius 1 is 1.39 bits per heavy atom. The van der Waals surface area contributed by atoms with E-state index in [4.69, 9.17) is 4.74 Å². The Morgan fingerprint density at radius 3 is 2.89 bits per heavy atom. The molecule has 0 radical (unpaired) electrons. The van der Waals surface area contributed by atoms with Crippen molar-refractivity contribution in [3.63, 3.8) is 0 Å². The van der Waals surface area contributed by atoms with Crippen molar-refractivity contribution >= 4 is 17.3 Å².